The minimum absolute atomic E-state index is 0.664. The van der Waals surface area contributed by atoms with Crippen molar-refractivity contribution in [3.05, 3.63) is 77.5 Å². The zero-order chi connectivity index (χ0) is 17.4. The Morgan fingerprint density at radius 3 is 2.36 bits per heavy atom. The molecule has 2 aromatic heterocycles. The van der Waals surface area contributed by atoms with Gasteiger partial charge in [-0.1, -0.05) is 48.0 Å². The summed E-state index contributed by atoms with van der Waals surface area (Å²) in [5.74, 6) is 0.664. The fourth-order valence-electron chi connectivity index (χ4n) is 3.14. The Balaban J connectivity index is 2.02. The summed E-state index contributed by atoms with van der Waals surface area (Å²) < 4.78 is 0. The monoisotopic (exact) mass is 325 g/mol. The Labute approximate surface area is 147 Å². The van der Waals surface area contributed by atoms with Crippen molar-refractivity contribution in [1.29, 1.82) is 0 Å². The van der Waals surface area contributed by atoms with Gasteiger partial charge in [0.1, 0.15) is 5.69 Å². The van der Waals surface area contributed by atoms with Gasteiger partial charge < -0.3 is 0 Å². The van der Waals surface area contributed by atoms with Crippen molar-refractivity contribution in [3.63, 3.8) is 0 Å². The fourth-order valence-corrected chi connectivity index (χ4v) is 3.14. The van der Waals surface area contributed by atoms with Gasteiger partial charge in [-0.2, -0.15) is 0 Å². The molecule has 0 bridgehead atoms. The molecular weight excluding hydrogens is 306 g/mol. The van der Waals surface area contributed by atoms with E-state index in [9.17, 15) is 0 Å². The minimum atomic E-state index is 0.664. The number of fused-ring (bicyclic) bond motifs is 1. The molecule has 0 N–H and O–H groups in total. The lowest BCUT2D eigenvalue weighted by Crippen LogP contribution is -1.98. The molecule has 0 atom stereocenters. The van der Waals surface area contributed by atoms with E-state index in [0.717, 1.165) is 33.5 Å². The zero-order valence-electron chi connectivity index (χ0n) is 14.6. The third kappa shape index (κ3) is 2.89. The maximum atomic E-state index is 4.90. The average Bonchev–Trinajstić information content (AvgIpc) is 2.61. The molecule has 3 heteroatoms. The van der Waals surface area contributed by atoms with E-state index in [-0.39, 0.29) is 0 Å². The van der Waals surface area contributed by atoms with E-state index in [1.165, 1.54) is 11.1 Å². The Morgan fingerprint density at radius 1 is 0.720 bits per heavy atom. The first kappa shape index (κ1) is 15.5. The van der Waals surface area contributed by atoms with Gasteiger partial charge in [-0.25, -0.2) is 15.0 Å². The SMILES string of the molecule is Cc1ccc(-c2nc(-c3cccc(C)n3)nc3ccccc23)c(C)c1. The number of pyridine rings is 1. The molecule has 0 aliphatic heterocycles. The Kier molecular flexibility index (Phi) is 3.77. The van der Waals surface area contributed by atoms with Crippen LogP contribution in [0.2, 0.25) is 0 Å². The number of para-hydroxylation sites is 1. The van der Waals surface area contributed by atoms with E-state index in [4.69, 9.17) is 9.97 Å². The van der Waals surface area contributed by atoms with Crippen LogP contribution < -0.4 is 0 Å². The van der Waals surface area contributed by atoms with Crippen molar-refractivity contribution in [2.24, 2.45) is 0 Å². The van der Waals surface area contributed by atoms with Gasteiger partial charge in [-0.05, 0) is 44.5 Å². The second-order valence-electron chi connectivity index (χ2n) is 6.40. The highest BCUT2D eigenvalue weighted by molar-refractivity contribution is 5.94. The molecule has 0 saturated heterocycles. The molecule has 25 heavy (non-hydrogen) atoms. The highest BCUT2D eigenvalue weighted by Crippen LogP contribution is 2.31. The van der Waals surface area contributed by atoms with Gasteiger partial charge in [-0.15, -0.1) is 0 Å². The number of aromatic nitrogens is 3. The van der Waals surface area contributed by atoms with E-state index in [1.807, 2.05) is 43.3 Å². The molecule has 2 heterocycles. The summed E-state index contributed by atoms with van der Waals surface area (Å²) in [4.78, 5) is 14.2. The first-order chi connectivity index (χ1) is 12.1. The number of hydrogen-bond donors (Lipinski definition) is 0. The minimum Gasteiger partial charge on any atom is -0.250 e. The van der Waals surface area contributed by atoms with Crippen LogP contribution in [0.1, 0.15) is 16.8 Å². The van der Waals surface area contributed by atoms with Crippen LogP contribution in [-0.2, 0) is 0 Å². The van der Waals surface area contributed by atoms with Gasteiger partial charge in [0.2, 0.25) is 0 Å². The number of nitrogens with zero attached hydrogens (tertiary/aromatic N) is 3. The van der Waals surface area contributed by atoms with Crippen molar-refractivity contribution in [3.8, 4) is 22.8 Å². The summed E-state index contributed by atoms with van der Waals surface area (Å²) in [5, 5.41) is 1.06. The summed E-state index contributed by atoms with van der Waals surface area (Å²) >= 11 is 0. The summed E-state index contributed by atoms with van der Waals surface area (Å²) in [5.41, 5.74) is 7.26. The lowest BCUT2D eigenvalue weighted by Gasteiger charge is -2.11. The van der Waals surface area contributed by atoms with Gasteiger partial charge in [0.05, 0.1) is 11.2 Å². The smallest absolute Gasteiger partial charge is 0.179 e. The fraction of sp³-hybridized carbons (Fsp3) is 0.136. The van der Waals surface area contributed by atoms with Gasteiger partial charge in [0, 0.05) is 16.6 Å². The molecular formula is C22H19N3. The van der Waals surface area contributed by atoms with Gasteiger partial charge in [0.15, 0.2) is 5.82 Å². The Hall–Kier alpha value is -3.07. The number of aryl methyl sites for hydroxylation is 3. The van der Waals surface area contributed by atoms with Crippen molar-refractivity contribution >= 4 is 10.9 Å². The summed E-state index contributed by atoms with van der Waals surface area (Å²) in [7, 11) is 0. The van der Waals surface area contributed by atoms with Gasteiger partial charge in [0.25, 0.3) is 0 Å². The molecule has 0 unspecified atom stereocenters. The number of benzene rings is 2. The number of hydrogen-bond acceptors (Lipinski definition) is 3. The summed E-state index contributed by atoms with van der Waals surface area (Å²) in [6.07, 6.45) is 0. The van der Waals surface area contributed by atoms with E-state index in [1.54, 1.807) is 0 Å². The third-order valence-corrected chi connectivity index (χ3v) is 4.36. The van der Waals surface area contributed by atoms with Crippen LogP contribution in [0.5, 0.6) is 0 Å². The lowest BCUT2D eigenvalue weighted by molar-refractivity contribution is 1.14. The normalized spacial score (nSPS) is 11.0. The molecule has 0 spiro atoms. The molecule has 0 saturated carbocycles. The molecule has 0 aliphatic rings. The van der Waals surface area contributed by atoms with Gasteiger partial charge in [-0.3, -0.25) is 0 Å². The topological polar surface area (TPSA) is 38.7 Å². The predicted octanol–water partition coefficient (Wildman–Crippen LogP) is 5.28. The zero-order valence-corrected chi connectivity index (χ0v) is 14.6. The van der Waals surface area contributed by atoms with Crippen molar-refractivity contribution in [2.45, 2.75) is 20.8 Å². The van der Waals surface area contributed by atoms with Crippen LogP contribution in [0.3, 0.4) is 0 Å². The molecule has 0 fully saturated rings. The van der Waals surface area contributed by atoms with Crippen LogP contribution >= 0.6 is 0 Å². The highest BCUT2D eigenvalue weighted by Gasteiger charge is 2.13. The Morgan fingerprint density at radius 2 is 1.56 bits per heavy atom. The van der Waals surface area contributed by atoms with Crippen molar-refractivity contribution < 1.29 is 0 Å². The molecule has 0 aliphatic carbocycles. The van der Waals surface area contributed by atoms with Crippen LogP contribution in [0.4, 0.5) is 0 Å². The Bertz CT molecular complexity index is 1080. The van der Waals surface area contributed by atoms with Crippen molar-refractivity contribution in [2.75, 3.05) is 0 Å². The highest BCUT2D eigenvalue weighted by atomic mass is 14.9. The number of rotatable bonds is 2. The van der Waals surface area contributed by atoms with Crippen LogP contribution in [0, 0.1) is 20.8 Å². The largest absolute Gasteiger partial charge is 0.250 e. The maximum absolute atomic E-state index is 4.90. The molecule has 0 radical (unpaired) electrons. The maximum Gasteiger partial charge on any atom is 0.179 e. The van der Waals surface area contributed by atoms with E-state index < -0.39 is 0 Å². The molecule has 4 rings (SSSR count). The molecule has 122 valence electrons. The van der Waals surface area contributed by atoms with E-state index in [0.29, 0.717) is 5.82 Å². The predicted molar refractivity (Wildman–Crippen MR) is 102 cm³/mol. The van der Waals surface area contributed by atoms with Gasteiger partial charge >= 0.3 is 0 Å². The van der Waals surface area contributed by atoms with Crippen molar-refractivity contribution in [1.82, 2.24) is 15.0 Å². The molecule has 0 amide bonds. The second-order valence-corrected chi connectivity index (χ2v) is 6.40. The lowest BCUT2D eigenvalue weighted by atomic mass is 10.00. The van der Waals surface area contributed by atoms with Crippen LogP contribution in [0.25, 0.3) is 33.7 Å². The third-order valence-electron chi connectivity index (χ3n) is 4.36. The summed E-state index contributed by atoms with van der Waals surface area (Å²) in [6, 6.07) is 20.6. The standard InChI is InChI=1S/C22H19N3/c1-14-11-12-17(15(2)13-14)21-18-8-4-5-9-19(18)24-22(25-21)20-10-6-7-16(3)23-20/h4-13H,1-3H3. The molecule has 2 aromatic carbocycles. The molecule has 3 nitrogen and oxygen atoms in total. The van der Waals surface area contributed by atoms with E-state index in [2.05, 4.69) is 43.1 Å². The molecule has 4 aromatic rings. The van der Waals surface area contributed by atoms with Crippen LogP contribution in [0.15, 0.2) is 60.7 Å². The summed E-state index contributed by atoms with van der Waals surface area (Å²) in [6.45, 7) is 6.22. The first-order valence-corrected chi connectivity index (χ1v) is 8.40. The quantitative estimate of drug-likeness (QED) is 0.503. The average molecular weight is 325 g/mol. The second kappa shape index (κ2) is 6.10. The van der Waals surface area contributed by atoms with Crippen LogP contribution in [-0.4, -0.2) is 15.0 Å². The van der Waals surface area contributed by atoms with E-state index >= 15 is 0 Å². The first-order valence-electron chi connectivity index (χ1n) is 8.40.